The van der Waals surface area contributed by atoms with Crippen LogP contribution in [0.5, 0.6) is 0 Å². The summed E-state index contributed by atoms with van der Waals surface area (Å²) in [6.07, 6.45) is 4.28. The molecule has 1 aromatic rings. The Balaban J connectivity index is 1.70. The topological polar surface area (TPSA) is 27.0 Å². The molecule has 0 bridgehead atoms. The highest BCUT2D eigenvalue weighted by Crippen LogP contribution is 2.19. The van der Waals surface area contributed by atoms with Gasteiger partial charge in [0, 0.05) is 13.0 Å². The Morgan fingerprint density at radius 1 is 1.18 bits per heavy atom. The molecule has 0 radical (unpaired) electrons. The van der Waals surface area contributed by atoms with Gasteiger partial charge in [-0.15, -0.1) is 0 Å². The van der Waals surface area contributed by atoms with Crippen LogP contribution in [0, 0.1) is 17.2 Å². The molecule has 17 heavy (non-hydrogen) atoms. The van der Waals surface area contributed by atoms with Crippen molar-refractivity contribution >= 4 is 0 Å². The van der Waals surface area contributed by atoms with E-state index in [0.717, 1.165) is 19.4 Å². The van der Waals surface area contributed by atoms with E-state index in [9.17, 15) is 0 Å². The first-order valence-electron chi connectivity index (χ1n) is 6.51. The molecule has 0 N–H and O–H groups in total. The van der Waals surface area contributed by atoms with Gasteiger partial charge in [0.05, 0.1) is 6.07 Å². The van der Waals surface area contributed by atoms with E-state index in [0.29, 0.717) is 5.92 Å². The second-order valence-electron chi connectivity index (χ2n) is 4.88. The molecule has 2 heteroatoms. The minimum absolute atomic E-state index is 0.646. The number of nitriles is 1. The van der Waals surface area contributed by atoms with Crippen LogP contribution in [0.4, 0.5) is 0 Å². The normalized spacial score (nSPS) is 17.8. The van der Waals surface area contributed by atoms with Gasteiger partial charge in [-0.05, 0) is 43.8 Å². The van der Waals surface area contributed by atoms with Crippen molar-refractivity contribution < 1.29 is 0 Å². The molecule has 2 nitrogen and oxygen atoms in total. The van der Waals surface area contributed by atoms with Crippen LogP contribution in [0.15, 0.2) is 30.3 Å². The van der Waals surface area contributed by atoms with Gasteiger partial charge in [0.1, 0.15) is 0 Å². The van der Waals surface area contributed by atoms with Crippen LogP contribution in [-0.2, 0) is 6.42 Å². The van der Waals surface area contributed by atoms with Gasteiger partial charge in [-0.2, -0.15) is 5.26 Å². The molecule has 0 aromatic heterocycles. The number of hydrogen-bond acceptors (Lipinski definition) is 2. The zero-order chi connectivity index (χ0) is 11.9. The summed E-state index contributed by atoms with van der Waals surface area (Å²) in [4.78, 5) is 2.53. The SMILES string of the molecule is N#CCC1CCN(CCc2ccccc2)CC1. The Kier molecular flexibility index (Phi) is 4.58. The third-order valence-corrected chi connectivity index (χ3v) is 3.65. The van der Waals surface area contributed by atoms with Crippen LogP contribution in [0.1, 0.15) is 24.8 Å². The van der Waals surface area contributed by atoms with Gasteiger partial charge in [-0.1, -0.05) is 30.3 Å². The highest BCUT2D eigenvalue weighted by Gasteiger charge is 2.18. The predicted octanol–water partition coefficient (Wildman–Crippen LogP) is 2.85. The molecule has 2 rings (SSSR count). The molecule has 1 saturated heterocycles. The van der Waals surface area contributed by atoms with Gasteiger partial charge in [0.2, 0.25) is 0 Å². The number of benzene rings is 1. The third-order valence-electron chi connectivity index (χ3n) is 3.65. The van der Waals surface area contributed by atoms with Gasteiger partial charge in [0.25, 0.3) is 0 Å². The second-order valence-corrected chi connectivity index (χ2v) is 4.88. The Morgan fingerprint density at radius 3 is 2.53 bits per heavy atom. The molecule has 90 valence electrons. The van der Waals surface area contributed by atoms with Crippen LogP contribution in [-0.4, -0.2) is 24.5 Å². The summed E-state index contributed by atoms with van der Waals surface area (Å²) in [5, 5.41) is 8.67. The third kappa shape index (κ3) is 3.87. The fourth-order valence-corrected chi connectivity index (χ4v) is 2.48. The van der Waals surface area contributed by atoms with E-state index >= 15 is 0 Å². The zero-order valence-electron chi connectivity index (χ0n) is 10.3. The van der Waals surface area contributed by atoms with E-state index in [2.05, 4.69) is 41.3 Å². The molecule has 0 amide bonds. The quantitative estimate of drug-likeness (QED) is 0.792. The Labute approximate surface area is 104 Å². The maximum atomic E-state index is 8.67. The average molecular weight is 228 g/mol. The maximum Gasteiger partial charge on any atom is 0.0624 e. The lowest BCUT2D eigenvalue weighted by atomic mass is 9.94. The van der Waals surface area contributed by atoms with E-state index < -0.39 is 0 Å². The van der Waals surface area contributed by atoms with E-state index in [1.54, 1.807) is 0 Å². The lowest BCUT2D eigenvalue weighted by molar-refractivity contribution is 0.188. The Morgan fingerprint density at radius 2 is 1.88 bits per heavy atom. The molecule has 0 saturated carbocycles. The number of likely N-dealkylation sites (tertiary alicyclic amines) is 1. The van der Waals surface area contributed by atoms with Gasteiger partial charge < -0.3 is 4.90 Å². The molecule has 1 heterocycles. The maximum absolute atomic E-state index is 8.67. The lowest BCUT2D eigenvalue weighted by Gasteiger charge is -2.30. The summed E-state index contributed by atoms with van der Waals surface area (Å²) >= 11 is 0. The van der Waals surface area contributed by atoms with Crippen molar-refractivity contribution in [1.82, 2.24) is 4.90 Å². The van der Waals surface area contributed by atoms with Crippen molar-refractivity contribution in [1.29, 1.82) is 5.26 Å². The Hall–Kier alpha value is -1.33. The zero-order valence-corrected chi connectivity index (χ0v) is 10.3. The summed E-state index contributed by atoms with van der Waals surface area (Å²) in [6.45, 7) is 3.49. The largest absolute Gasteiger partial charge is 0.303 e. The minimum atomic E-state index is 0.646. The van der Waals surface area contributed by atoms with Gasteiger partial charge in [-0.3, -0.25) is 0 Å². The number of nitrogens with zero attached hydrogens (tertiary/aromatic N) is 2. The molecular weight excluding hydrogens is 208 g/mol. The van der Waals surface area contributed by atoms with E-state index in [1.807, 2.05) is 0 Å². The Bertz CT molecular complexity index is 358. The molecule has 0 atom stereocenters. The van der Waals surface area contributed by atoms with Crippen molar-refractivity contribution in [2.24, 2.45) is 5.92 Å². The van der Waals surface area contributed by atoms with Crippen LogP contribution in [0.25, 0.3) is 0 Å². The summed E-state index contributed by atoms with van der Waals surface area (Å²) in [5.74, 6) is 0.646. The van der Waals surface area contributed by atoms with E-state index in [1.165, 1.54) is 31.5 Å². The molecule has 1 fully saturated rings. The predicted molar refractivity (Wildman–Crippen MR) is 69.5 cm³/mol. The number of hydrogen-bond donors (Lipinski definition) is 0. The first kappa shape index (κ1) is 12.1. The van der Waals surface area contributed by atoms with Crippen molar-refractivity contribution in [3.8, 4) is 6.07 Å². The van der Waals surface area contributed by atoms with Crippen molar-refractivity contribution in [3.05, 3.63) is 35.9 Å². The fraction of sp³-hybridized carbons (Fsp3) is 0.533. The van der Waals surface area contributed by atoms with Gasteiger partial charge >= 0.3 is 0 Å². The molecular formula is C15H20N2. The summed E-state index contributed by atoms with van der Waals surface area (Å²) in [5.41, 5.74) is 1.42. The van der Waals surface area contributed by atoms with Crippen LogP contribution < -0.4 is 0 Å². The standard InChI is InChI=1S/C15H20N2/c16-10-6-15-8-12-17(13-9-15)11-7-14-4-2-1-3-5-14/h1-5,15H,6-9,11-13H2. The second kappa shape index (κ2) is 6.42. The molecule has 0 unspecified atom stereocenters. The average Bonchev–Trinajstić information content (AvgIpc) is 2.40. The molecule has 1 aliphatic heterocycles. The summed E-state index contributed by atoms with van der Waals surface area (Å²) < 4.78 is 0. The van der Waals surface area contributed by atoms with Crippen molar-refractivity contribution in [2.45, 2.75) is 25.7 Å². The first-order chi connectivity index (χ1) is 8.38. The highest BCUT2D eigenvalue weighted by atomic mass is 15.1. The monoisotopic (exact) mass is 228 g/mol. The molecule has 1 aliphatic rings. The smallest absolute Gasteiger partial charge is 0.0624 e. The lowest BCUT2D eigenvalue weighted by Crippen LogP contribution is -2.35. The summed E-state index contributed by atoms with van der Waals surface area (Å²) in [7, 11) is 0. The van der Waals surface area contributed by atoms with Crippen LogP contribution in [0.2, 0.25) is 0 Å². The van der Waals surface area contributed by atoms with Crippen molar-refractivity contribution in [2.75, 3.05) is 19.6 Å². The minimum Gasteiger partial charge on any atom is -0.303 e. The van der Waals surface area contributed by atoms with Crippen molar-refractivity contribution in [3.63, 3.8) is 0 Å². The molecule has 0 aliphatic carbocycles. The first-order valence-corrected chi connectivity index (χ1v) is 6.51. The fourth-order valence-electron chi connectivity index (χ4n) is 2.48. The van der Waals surface area contributed by atoms with Gasteiger partial charge in [-0.25, -0.2) is 0 Å². The van der Waals surface area contributed by atoms with E-state index in [4.69, 9.17) is 5.26 Å². The number of piperidine rings is 1. The number of rotatable bonds is 4. The molecule has 1 aromatic carbocycles. The van der Waals surface area contributed by atoms with Crippen LogP contribution in [0.3, 0.4) is 0 Å². The highest BCUT2D eigenvalue weighted by molar-refractivity contribution is 5.14. The van der Waals surface area contributed by atoms with E-state index in [-0.39, 0.29) is 0 Å². The molecule has 0 spiro atoms. The summed E-state index contributed by atoms with van der Waals surface area (Å²) in [6, 6.07) is 13.0. The van der Waals surface area contributed by atoms with Crippen LogP contribution >= 0.6 is 0 Å². The van der Waals surface area contributed by atoms with Gasteiger partial charge in [0.15, 0.2) is 0 Å².